The lowest BCUT2D eigenvalue weighted by atomic mass is 9.85. The highest BCUT2D eigenvalue weighted by atomic mass is 16.7. The molecule has 0 saturated heterocycles. The standard InChI is InChI=1S/C33H30N4O9/c1-2-33(46-32(43)45-16-18-7-9-21(10-8-18)35-27(38)12-11-24(34)30(40)41)23-14-26-28-20(13-19-5-3-4-6-25(19)36-28)15-37(26)29(39)22(23)17-44-31(33)42/h3-10,13-14,24H,2,11-12,15-17,34H2,1H3,(H,35,38)(H,40,41)/t24-,33-/m0/s1. The van der Waals surface area contributed by atoms with E-state index in [9.17, 15) is 24.0 Å². The summed E-state index contributed by atoms with van der Waals surface area (Å²) in [7, 11) is 0. The number of pyridine rings is 2. The van der Waals surface area contributed by atoms with Crippen LogP contribution in [0, 0.1) is 0 Å². The summed E-state index contributed by atoms with van der Waals surface area (Å²) in [6.45, 7) is 1.50. The molecule has 2 atom stereocenters. The zero-order chi connectivity index (χ0) is 32.6. The van der Waals surface area contributed by atoms with Crippen LogP contribution in [0.1, 0.15) is 48.4 Å². The number of rotatable bonds is 9. The first-order valence-electron chi connectivity index (χ1n) is 14.7. The van der Waals surface area contributed by atoms with Gasteiger partial charge in [0, 0.05) is 28.6 Å². The second-order valence-corrected chi connectivity index (χ2v) is 11.1. The minimum Gasteiger partial charge on any atom is -0.480 e. The lowest BCUT2D eigenvalue weighted by Crippen LogP contribution is -2.47. The predicted molar refractivity (Wildman–Crippen MR) is 163 cm³/mol. The van der Waals surface area contributed by atoms with Crippen molar-refractivity contribution in [2.45, 2.75) is 57.6 Å². The van der Waals surface area contributed by atoms with E-state index in [1.54, 1.807) is 41.8 Å². The van der Waals surface area contributed by atoms with Crippen molar-refractivity contribution >= 4 is 40.6 Å². The average Bonchev–Trinajstić information content (AvgIpc) is 3.41. The molecule has 0 saturated carbocycles. The first kappa shape index (κ1) is 30.5. The van der Waals surface area contributed by atoms with Gasteiger partial charge in [-0.05, 0) is 48.7 Å². The Bertz CT molecular complexity index is 1950. The molecule has 0 unspecified atom stereocenters. The van der Waals surface area contributed by atoms with Crippen molar-refractivity contribution in [2.24, 2.45) is 5.73 Å². The molecular weight excluding hydrogens is 596 g/mol. The molecule has 4 aromatic rings. The highest BCUT2D eigenvalue weighted by molar-refractivity contribution is 5.91. The summed E-state index contributed by atoms with van der Waals surface area (Å²) in [5.74, 6) is -2.38. The van der Waals surface area contributed by atoms with E-state index in [1.807, 2.05) is 30.3 Å². The van der Waals surface area contributed by atoms with Gasteiger partial charge in [-0.25, -0.2) is 14.6 Å². The maximum atomic E-state index is 13.7. The van der Waals surface area contributed by atoms with Crippen molar-refractivity contribution < 1.29 is 38.5 Å². The molecule has 2 aromatic heterocycles. The maximum Gasteiger partial charge on any atom is 0.510 e. The summed E-state index contributed by atoms with van der Waals surface area (Å²) in [5.41, 5.74) is 7.41. The van der Waals surface area contributed by atoms with Crippen molar-refractivity contribution in [3.8, 4) is 11.4 Å². The van der Waals surface area contributed by atoms with Gasteiger partial charge in [0.2, 0.25) is 11.5 Å². The molecule has 0 bridgehead atoms. The van der Waals surface area contributed by atoms with E-state index in [0.717, 1.165) is 16.5 Å². The maximum absolute atomic E-state index is 13.7. The Morgan fingerprint density at radius 3 is 2.63 bits per heavy atom. The van der Waals surface area contributed by atoms with Gasteiger partial charge in [0.1, 0.15) is 19.3 Å². The van der Waals surface area contributed by atoms with Gasteiger partial charge in [-0.15, -0.1) is 0 Å². The van der Waals surface area contributed by atoms with E-state index in [2.05, 4.69) is 5.32 Å². The number of carboxylic acid groups (broad SMARTS) is 1. The number of carbonyl (C=O) groups is 4. The van der Waals surface area contributed by atoms with E-state index in [1.165, 1.54) is 0 Å². The molecule has 4 heterocycles. The second kappa shape index (κ2) is 12.1. The van der Waals surface area contributed by atoms with Crippen molar-refractivity contribution in [3.05, 3.63) is 93.3 Å². The number of para-hydroxylation sites is 1. The van der Waals surface area contributed by atoms with Gasteiger partial charge in [-0.1, -0.05) is 37.3 Å². The van der Waals surface area contributed by atoms with Crippen molar-refractivity contribution in [1.29, 1.82) is 0 Å². The number of anilines is 1. The number of carbonyl (C=O) groups excluding carboxylic acids is 3. The predicted octanol–water partition coefficient (Wildman–Crippen LogP) is 3.57. The molecule has 13 nitrogen and oxygen atoms in total. The molecule has 0 aliphatic carbocycles. The molecule has 4 N–H and O–H groups in total. The Labute approximate surface area is 261 Å². The summed E-state index contributed by atoms with van der Waals surface area (Å²) < 4.78 is 18.0. The Hall–Kier alpha value is -5.56. The van der Waals surface area contributed by atoms with Crippen molar-refractivity contribution in [3.63, 3.8) is 0 Å². The number of nitrogens with one attached hydrogen (secondary N) is 1. The number of amides is 1. The molecule has 1 amide bonds. The number of hydrogen-bond donors (Lipinski definition) is 3. The minimum atomic E-state index is -1.91. The van der Waals surface area contributed by atoms with Gasteiger partial charge in [0.05, 0.1) is 29.0 Å². The molecule has 0 radical (unpaired) electrons. The molecule has 6 rings (SSSR count). The first-order chi connectivity index (χ1) is 22.1. The molecule has 46 heavy (non-hydrogen) atoms. The summed E-state index contributed by atoms with van der Waals surface area (Å²) >= 11 is 0. The highest BCUT2D eigenvalue weighted by Crippen LogP contribution is 2.41. The van der Waals surface area contributed by atoms with E-state index in [-0.39, 0.29) is 49.2 Å². The highest BCUT2D eigenvalue weighted by Gasteiger charge is 2.51. The fourth-order valence-corrected chi connectivity index (χ4v) is 5.71. The molecule has 2 aliphatic heterocycles. The third-order valence-corrected chi connectivity index (χ3v) is 8.24. The van der Waals surface area contributed by atoms with Crippen LogP contribution < -0.4 is 16.6 Å². The zero-order valence-corrected chi connectivity index (χ0v) is 24.8. The number of aromatic nitrogens is 2. The molecule has 0 spiro atoms. The van der Waals surface area contributed by atoms with Crippen LogP contribution >= 0.6 is 0 Å². The van der Waals surface area contributed by atoms with Crippen LogP contribution in [0.4, 0.5) is 10.5 Å². The number of benzene rings is 2. The summed E-state index contributed by atoms with van der Waals surface area (Å²) in [4.78, 5) is 67.6. The second-order valence-electron chi connectivity index (χ2n) is 11.1. The van der Waals surface area contributed by atoms with Gasteiger partial charge >= 0.3 is 18.1 Å². The monoisotopic (exact) mass is 626 g/mol. The van der Waals surface area contributed by atoms with Gasteiger partial charge in [-0.3, -0.25) is 14.4 Å². The lowest BCUT2D eigenvalue weighted by molar-refractivity contribution is -0.175. The van der Waals surface area contributed by atoms with E-state index < -0.39 is 35.6 Å². The molecular formula is C33H30N4O9. The molecule has 2 aliphatic rings. The zero-order valence-electron chi connectivity index (χ0n) is 24.8. The van der Waals surface area contributed by atoms with Crippen molar-refractivity contribution in [2.75, 3.05) is 5.32 Å². The largest absolute Gasteiger partial charge is 0.510 e. The van der Waals surface area contributed by atoms with Crippen LogP contribution in [0.15, 0.2) is 65.5 Å². The Morgan fingerprint density at radius 1 is 1.13 bits per heavy atom. The Morgan fingerprint density at radius 2 is 1.89 bits per heavy atom. The quantitative estimate of drug-likeness (QED) is 0.203. The normalized spacial score (nSPS) is 16.9. The Kier molecular flexibility index (Phi) is 8.00. The molecule has 2 aromatic carbocycles. The molecule has 13 heteroatoms. The summed E-state index contributed by atoms with van der Waals surface area (Å²) in [5, 5.41) is 12.4. The topological polar surface area (TPSA) is 189 Å². The number of nitrogens with zero attached hydrogens (tertiary/aromatic N) is 2. The van der Waals surface area contributed by atoms with E-state index in [0.29, 0.717) is 29.2 Å². The number of nitrogens with two attached hydrogens (primary N) is 1. The minimum absolute atomic E-state index is 0.00865. The van der Waals surface area contributed by atoms with Crippen LogP contribution in [0.3, 0.4) is 0 Å². The van der Waals surface area contributed by atoms with Gasteiger partial charge in [-0.2, -0.15) is 0 Å². The lowest BCUT2D eigenvalue weighted by Gasteiger charge is -2.35. The van der Waals surface area contributed by atoms with Crippen LogP contribution in [0.25, 0.3) is 22.3 Å². The van der Waals surface area contributed by atoms with Crippen LogP contribution in [-0.4, -0.2) is 44.7 Å². The first-order valence-corrected chi connectivity index (χ1v) is 14.7. The summed E-state index contributed by atoms with van der Waals surface area (Å²) in [6.07, 6.45) is -1.22. The van der Waals surface area contributed by atoms with E-state index >= 15 is 0 Å². The van der Waals surface area contributed by atoms with Crippen LogP contribution in [0.5, 0.6) is 0 Å². The fraction of sp³-hybridized carbons (Fsp3) is 0.273. The fourth-order valence-electron chi connectivity index (χ4n) is 5.71. The third-order valence-electron chi connectivity index (χ3n) is 8.24. The number of aliphatic carboxylic acids is 1. The number of fused-ring (bicyclic) bond motifs is 5. The summed E-state index contributed by atoms with van der Waals surface area (Å²) in [6, 6.07) is 16.6. The Balaban J connectivity index is 1.18. The van der Waals surface area contributed by atoms with Crippen LogP contribution in [-0.2, 0) is 54.0 Å². The number of cyclic esters (lactones) is 1. The smallest absolute Gasteiger partial charge is 0.480 e. The third kappa shape index (κ3) is 5.56. The molecule has 0 fully saturated rings. The van der Waals surface area contributed by atoms with Crippen LogP contribution in [0.2, 0.25) is 0 Å². The van der Waals surface area contributed by atoms with Gasteiger partial charge < -0.3 is 34.9 Å². The number of esters is 1. The van der Waals surface area contributed by atoms with Gasteiger partial charge in [0.15, 0.2) is 0 Å². The molecule has 236 valence electrons. The SMILES string of the molecule is CC[C@@]1(OC(=O)OCc2ccc(NC(=O)CC[C@H](N)C(=O)O)cc2)C(=O)OCc2c1cc1n(c2=O)Cc2cc3ccccc3nc2-1. The van der Waals surface area contributed by atoms with E-state index in [4.69, 9.17) is 30.0 Å². The number of carboxylic acids is 1. The number of hydrogen-bond acceptors (Lipinski definition) is 10. The van der Waals surface area contributed by atoms with Gasteiger partial charge in [0.25, 0.3) is 5.56 Å². The number of ether oxygens (including phenoxy) is 3. The average molecular weight is 627 g/mol. The van der Waals surface area contributed by atoms with Crippen molar-refractivity contribution in [1.82, 2.24) is 9.55 Å².